The standard InChI is InChI=1S/C21H32N2O4/c1-3-4-13-26-18-8-6-17(7-9-18)22-20(24)16-23-12-11-21(10-5-14-27-21)19(15-23)25-2/h6-9,19H,3-5,10-16H2,1-2H3,(H,22,24)/t19-,21+/m0/s1. The molecule has 1 aromatic rings. The summed E-state index contributed by atoms with van der Waals surface area (Å²) in [6.07, 6.45) is 5.26. The van der Waals surface area contributed by atoms with E-state index >= 15 is 0 Å². The van der Waals surface area contributed by atoms with Crippen LogP contribution in [0.25, 0.3) is 0 Å². The van der Waals surface area contributed by atoms with Gasteiger partial charge in [0.2, 0.25) is 5.91 Å². The minimum Gasteiger partial charge on any atom is -0.494 e. The number of anilines is 1. The van der Waals surface area contributed by atoms with Crippen LogP contribution in [0.1, 0.15) is 39.0 Å². The number of amides is 1. The van der Waals surface area contributed by atoms with Crippen molar-refractivity contribution >= 4 is 11.6 Å². The molecule has 2 saturated heterocycles. The maximum atomic E-state index is 12.4. The van der Waals surface area contributed by atoms with E-state index in [1.54, 1.807) is 7.11 Å². The van der Waals surface area contributed by atoms with Gasteiger partial charge in [0.1, 0.15) is 5.75 Å². The van der Waals surface area contributed by atoms with E-state index in [0.29, 0.717) is 6.54 Å². The number of ether oxygens (including phenoxy) is 3. The average Bonchev–Trinajstić information content (AvgIpc) is 3.14. The summed E-state index contributed by atoms with van der Waals surface area (Å²) in [4.78, 5) is 14.6. The fraction of sp³-hybridized carbons (Fsp3) is 0.667. The van der Waals surface area contributed by atoms with Crippen LogP contribution in [0.2, 0.25) is 0 Å². The molecular weight excluding hydrogens is 344 g/mol. The van der Waals surface area contributed by atoms with E-state index in [9.17, 15) is 4.79 Å². The van der Waals surface area contributed by atoms with Crippen molar-refractivity contribution in [2.75, 3.05) is 45.3 Å². The number of methoxy groups -OCH3 is 1. The number of nitrogens with zero attached hydrogens (tertiary/aromatic N) is 1. The van der Waals surface area contributed by atoms with E-state index in [1.165, 1.54) is 0 Å². The molecule has 2 heterocycles. The molecule has 0 aliphatic carbocycles. The zero-order chi connectivity index (χ0) is 19.1. The number of carbonyl (C=O) groups is 1. The highest BCUT2D eigenvalue weighted by Gasteiger charge is 2.46. The lowest BCUT2D eigenvalue weighted by Gasteiger charge is -2.44. The third-order valence-electron chi connectivity index (χ3n) is 5.55. The Morgan fingerprint density at radius 2 is 2.15 bits per heavy atom. The largest absolute Gasteiger partial charge is 0.494 e. The van der Waals surface area contributed by atoms with Crippen molar-refractivity contribution < 1.29 is 19.0 Å². The molecule has 2 aliphatic heterocycles. The summed E-state index contributed by atoms with van der Waals surface area (Å²) in [5.41, 5.74) is 0.647. The van der Waals surface area contributed by atoms with Gasteiger partial charge in [-0.05, 0) is 49.9 Å². The fourth-order valence-corrected chi connectivity index (χ4v) is 3.98. The van der Waals surface area contributed by atoms with Gasteiger partial charge in [-0.25, -0.2) is 0 Å². The molecule has 27 heavy (non-hydrogen) atoms. The molecule has 0 aromatic heterocycles. The predicted octanol–water partition coefficient (Wildman–Crippen LogP) is 3.07. The lowest BCUT2D eigenvalue weighted by molar-refractivity contribution is -0.145. The molecule has 1 N–H and O–H groups in total. The summed E-state index contributed by atoms with van der Waals surface area (Å²) in [7, 11) is 1.74. The molecule has 0 radical (unpaired) electrons. The normalized spacial score (nSPS) is 25.6. The third kappa shape index (κ3) is 5.21. The molecule has 150 valence electrons. The number of hydrogen-bond acceptors (Lipinski definition) is 5. The van der Waals surface area contributed by atoms with E-state index in [4.69, 9.17) is 14.2 Å². The van der Waals surface area contributed by atoms with Gasteiger partial charge in [-0.15, -0.1) is 0 Å². The molecule has 6 heteroatoms. The summed E-state index contributed by atoms with van der Waals surface area (Å²) >= 11 is 0. The number of likely N-dealkylation sites (tertiary alicyclic amines) is 1. The molecule has 2 fully saturated rings. The fourth-order valence-electron chi connectivity index (χ4n) is 3.98. The maximum Gasteiger partial charge on any atom is 0.238 e. The van der Waals surface area contributed by atoms with Crippen LogP contribution in [0.4, 0.5) is 5.69 Å². The van der Waals surface area contributed by atoms with Crippen molar-refractivity contribution in [1.29, 1.82) is 0 Å². The molecule has 1 amide bonds. The Labute approximate surface area is 162 Å². The van der Waals surface area contributed by atoms with Crippen molar-refractivity contribution in [3.8, 4) is 5.75 Å². The van der Waals surface area contributed by atoms with Crippen molar-refractivity contribution in [2.24, 2.45) is 0 Å². The van der Waals surface area contributed by atoms with Crippen LogP contribution in [0.15, 0.2) is 24.3 Å². The first-order valence-corrected chi connectivity index (χ1v) is 10.1. The maximum absolute atomic E-state index is 12.4. The minimum atomic E-state index is -0.144. The molecule has 1 aromatic carbocycles. The third-order valence-corrected chi connectivity index (χ3v) is 5.55. The summed E-state index contributed by atoms with van der Waals surface area (Å²) < 4.78 is 17.4. The van der Waals surface area contributed by atoms with Gasteiger partial charge >= 0.3 is 0 Å². The lowest BCUT2D eigenvalue weighted by atomic mass is 9.86. The zero-order valence-electron chi connectivity index (χ0n) is 16.5. The first-order valence-electron chi connectivity index (χ1n) is 10.1. The monoisotopic (exact) mass is 376 g/mol. The van der Waals surface area contributed by atoms with E-state index < -0.39 is 0 Å². The van der Waals surface area contributed by atoms with Crippen LogP contribution in [0.3, 0.4) is 0 Å². The Morgan fingerprint density at radius 1 is 1.33 bits per heavy atom. The van der Waals surface area contributed by atoms with Gasteiger partial charge in [0.05, 0.1) is 24.9 Å². The first-order chi connectivity index (χ1) is 13.1. The van der Waals surface area contributed by atoms with Crippen LogP contribution in [-0.4, -0.2) is 62.5 Å². The number of unbranched alkanes of at least 4 members (excludes halogenated alkanes) is 1. The van der Waals surface area contributed by atoms with E-state index in [0.717, 1.165) is 69.8 Å². The summed E-state index contributed by atoms with van der Waals surface area (Å²) in [6, 6.07) is 7.56. The second-order valence-corrected chi connectivity index (χ2v) is 7.50. The second-order valence-electron chi connectivity index (χ2n) is 7.50. The van der Waals surface area contributed by atoms with Crippen LogP contribution < -0.4 is 10.1 Å². The zero-order valence-corrected chi connectivity index (χ0v) is 16.5. The number of nitrogens with one attached hydrogen (secondary N) is 1. The molecule has 6 nitrogen and oxygen atoms in total. The number of benzene rings is 1. The highest BCUT2D eigenvalue weighted by molar-refractivity contribution is 5.92. The van der Waals surface area contributed by atoms with E-state index in [1.807, 2.05) is 24.3 Å². The minimum absolute atomic E-state index is 0.00667. The van der Waals surface area contributed by atoms with Crippen LogP contribution in [0.5, 0.6) is 5.75 Å². The van der Waals surface area contributed by atoms with Gasteiger partial charge in [0, 0.05) is 32.5 Å². The Kier molecular flexibility index (Phi) is 7.10. The SMILES string of the molecule is CCCCOc1ccc(NC(=O)CN2CC[C@]3(CCCO3)[C@@H](OC)C2)cc1. The van der Waals surface area contributed by atoms with Gasteiger partial charge in [-0.2, -0.15) is 0 Å². The smallest absolute Gasteiger partial charge is 0.238 e. The molecule has 1 spiro atoms. The topological polar surface area (TPSA) is 60.0 Å². The van der Waals surface area contributed by atoms with Crippen molar-refractivity contribution in [3.63, 3.8) is 0 Å². The first kappa shape index (κ1) is 20.1. The van der Waals surface area contributed by atoms with Crippen LogP contribution in [-0.2, 0) is 14.3 Å². The molecule has 2 atom stereocenters. The van der Waals surface area contributed by atoms with Gasteiger partial charge in [-0.3, -0.25) is 9.69 Å². The van der Waals surface area contributed by atoms with Gasteiger partial charge in [0.25, 0.3) is 0 Å². The Hall–Kier alpha value is -1.63. The van der Waals surface area contributed by atoms with Crippen molar-refractivity contribution in [2.45, 2.75) is 50.7 Å². The average molecular weight is 376 g/mol. The number of hydrogen-bond donors (Lipinski definition) is 1. The van der Waals surface area contributed by atoms with Crippen LogP contribution >= 0.6 is 0 Å². The molecule has 0 bridgehead atoms. The quantitative estimate of drug-likeness (QED) is 0.707. The van der Waals surface area contributed by atoms with Gasteiger partial charge < -0.3 is 19.5 Å². The number of rotatable bonds is 8. The number of piperidine rings is 1. The summed E-state index contributed by atoms with van der Waals surface area (Å²) in [5, 5.41) is 2.97. The highest BCUT2D eigenvalue weighted by Crippen LogP contribution is 2.37. The molecule has 3 rings (SSSR count). The molecular formula is C21H32N2O4. The summed E-state index contributed by atoms with van der Waals surface area (Å²) in [6.45, 7) is 5.64. The Bertz CT molecular complexity index is 599. The predicted molar refractivity (Wildman–Crippen MR) is 105 cm³/mol. The molecule has 2 aliphatic rings. The Balaban J connectivity index is 1.46. The van der Waals surface area contributed by atoms with Crippen LogP contribution in [0, 0.1) is 0 Å². The lowest BCUT2D eigenvalue weighted by Crippen LogP contribution is -2.57. The molecule has 0 unspecified atom stereocenters. The van der Waals surface area contributed by atoms with Crippen molar-refractivity contribution in [1.82, 2.24) is 4.90 Å². The van der Waals surface area contributed by atoms with E-state index in [-0.39, 0.29) is 17.6 Å². The molecule has 0 saturated carbocycles. The second kappa shape index (κ2) is 9.53. The van der Waals surface area contributed by atoms with Gasteiger partial charge in [0.15, 0.2) is 0 Å². The summed E-state index contributed by atoms with van der Waals surface area (Å²) in [5.74, 6) is 0.829. The van der Waals surface area contributed by atoms with E-state index in [2.05, 4.69) is 17.1 Å². The number of carbonyl (C=O) groups excluding carboxylic acids is 1. The highest BCUT2D eigenvalue weighted by atomic mass is 16.5. The van der Waals surface area contributed by atoms with Crippen molar-refractivity contribution in [3.05, 3.63) is 24.3 Å². The Morgan fingerprint density at radius 3 is 2.81 bits per heavy atom. The van der Waals surface area contributed by atoms with Gasteiger partial charge in [-0.1, -0.05) is 13.3 Å².